The fourth-order valence-electron chi connectivity index (χ4n) is 1.12. The Balaban J connectivity index is 2.86. The first-order valence-electron chi connectivity index (χ1n) is 4.72. The monoisotopic (exact) mass is 211 g/mol. The molecule has 0 saturated carbocycles. The van der Waals surface area contributed by atoms with Crippen LogP contribution in [0.1, 0.15) is 34.7 Å². The largest absolute Gasteiger partial charge is 0.462 e. The average molecular weight is 211 g/mol. The van der Waals surface area contributed by atoms with E-state index in [-0.39, 0.29) is 24.5 Å². The standard InChI is InChI=1S/C10H13NO4/c1-3-14-9(12)7-5-6-11-8(7)10(13)15-4-2/h5-6,11H,3-4H2,1-2H3. The first-order valence-corrected chi connectivity index (χ1v) is 4.72. The van der Waals surface area contributed by atoms with Crippen LogP contribution in [0.5, 0.6) is 0 Å². The number of H-pyrrole nitrogens is 1. The van der Waals surface area contributed by atoms with E-state index < -0.39 is 11.9 Å². The number of aromatic nitrogens is 1. The average Bonchev–Trinajstić information content (AvgIpc) is 2.66. The van der Waals surface area contributed by atoms with Crippen molar-refractivity contribution in [1.29, 1.82) is 0 Å². The molecule has 0 aromatic carbocycles. The number of hydrogen-bond donors (Lipinski definition) is 1. The first-order chi connectivity index (χ1) is 7.20. The summed E-state index contributed by atoms with van der Waals surface area (Å²) in [7, 11) is 0. The van der Waals surface area contributed by atoms with E-state index in [2.05, 4.69) is 4.98 Å². The third kappa shape index (κ3) is 2.59. The minimum Gasteiger partial charge on any atom is -0.462 e. The zero-order valence-electron chi connectivity index (χ0n) is 8.70. The normalized spacial score (nSPS) is 9.73. The summed E-state index contributed by atoms with van der Waals surface area (Å²) in [5, 5.41) is 0. The predicted octanol–water partition coefficient (Wildman–Crippen LogP) is 1.37. The van der Waals surface area contributed by atoms with Gasteiger partial charge in [0.05, 0.1) is 18.8 Å². The van der Waals surface area contributed by atoms with Gasteiger partial charge in [0.2, 0.25) is 0 Å². The van der Waals surface area contributed by atoms with E-state index in [9.17, 15) is 9.59 Å². The Hall–Kier alpha value is -1.78. The molecule has 0 radical (unpaired) electrons. The number of carbonyl (C=O) groups is 2. The highest BCUT2D eigenvalue weighted by molar-refractivity contribution is 6.01. The second kappa shape index (κ2) is 5.19. The van der Waals surface area contributed by atoms with Crippen molar-refractivity contribution in [3.8, 4) is 0 Å². The van der Waals surface area contributed by atoms with Gasteiger partial charge in [-0.3, -0.25) is 0 Å². The van der Waals surface area contributed by atoms with Crippen LogP contribution in [0.4, 0.5) is 0 Å². The van der Waals surface area contributed by atoms with E-state index >= 15 is 0 Å². The van der Waals surface area contributed by atoms with E-state index in [1.54, 1.807) is 13.8 Å². The molecule has 5 heteroatoms. The van der Waals surface area contributed by atoms with Crippen LogP contribution in [0, 0.1) is 0 Å². The second-order valence-electron chi connectivity index (χ2n) is 2.71. The van der Waals surface area contributed by atoms with Crippen LogP contribution in [0.25, 0.3) is 0 Å². The predicted molar refractivity (Wildman–Crippen MR) is 52.7 cm³/mol. The van der Waals surface area contributed by atoms with Crippen LogP contribution in [0.15, 0.2) is 12.3 Å². The molecule has 0 bridgehead atoms. The summed E-state index contributed by atoms with van der Waals surface area (Å²) in [4.78, 5) is 25.4. The maximum atomic E-state index is 11.4. The lowest BCUT2D eigenvalue weighted by Crippen LogP contribution is -2.12. The molecule has 0 amide bonds. The van der Waals surface area contributed by atoms with Crippen molar-refractivity contribution in [3.63, 3.8) is 0 Å². The molecule has 0 aliphatic heterocycles. The van der Waals surface area contributed by atoms with E-state index in [1.165, 1.54) is 12.3 Å². The third-order valence-electron chi connectivity index (χ3n) is 1.72. The Morgan fingerprint density at radius 1 is 1.20 bits per heavy atom. The fourth-order valence-corrected chi connectivity index (χ4v) is 1.12. The van der Waals surface area contributed by atoms with Gasteiger partial charge in [-0.25, -0.2) is 9.59 Å². The van der Waals surface area contributed by atoms with E-state index in [0.717, 1.165) is 0 Å². The topological polar surface area (TPSA) is 68.4 Å². The molecule has 1 aromatic heterocycles. The molecule has 0 spiro atoms. The van der Waals surface area contributed by atoms with Crippen molar-refractivity contribution in [3.05, 3.63) is 23.5 Å². The highest BCUT2D eigenvalue weighted by atomic mass is 16.5. The molecule has 1 aromatic rings. The molecule has 5 nitrogen and oxygen atoms in total. The minimum absolute atomic E-state index is 0.135. The Morgan fingerprint density at radius 3 is 2.40 bits per heavy atom. The molecule has 0 unspecified atom stereocenters. The number of ether oxygens (including phenoxy) is 2. The minimum atomic E-state index is -0.550. The van der Waals surface area contributed by atoms with Crippen molar-refractivity contribution in [2.45, 2.75) is 13.8 Å². The van der Waals surface area contributed by atoms with Gasteiger partial charge in [0.15, 0.2) is 0 Å². The maximum absolute atomic E-state index is 11.4. The van der Waals surface area contributed by atoms with Crippen molar-refractivity contribution in [1.82, 2.24) is 4.98 Å². The Kier molecular flexibility index (Phi) is 3.91. The Morgan fingerprint density at radius 2 is 1.80 bits per heavy atom. The molecule has 15 heavy (non-hydrogen) atoms. The van der Waals surface area contributed by atoms with Gasteiger partial charge in [-0.1, -0.05) is 0 Å². The van der Waals surface area contributed by atoms with Crippen molar-refractivity contribution < 1.29 is 19.1 Å². The molecule has 1 N–H and O–H groups in total. The second-order valence-corrected chi connectivity index (χ2v) is 2.71. The highest BCUT2D eigenvalue weighted by Crippen LogP contribution is 2.09. The SMILES string of the molecule is CCOC(=O)c1cc[nH]c1C(=O)OCC. The lowest BCUT2D eigenvalue weighted by atomic mass is 10.2. The quantitative estimate of drug-likeness (QED) is 0.763. The Bertz CT molecular complexity index is 324. The van der Waals surface area contributed by atoms with Gasteiger partial charge in [0.1, 0.15) is 5.69 Å². The van der Waals surface area contributed by atoms with Gasteiger partial charge in [0, 0.05) is 6.20 Å². The summed E-state index contributed by atoms with van der Waals surface area (Å²) >= 11 is 0. The van der Waals surface area contributed by atoms with Crippen LogP contribution >= 0.6 is 0 Å². The number of aromatic amines is 1. The molecule has 1 rings (SSSR count). The van der Waals surface area contributed by atoms with Crippen LogP contribution in [-0.4, -0.2) is 30.1 Å². The van der Waals surface area contributed by atoms with Gasteiger partial charge < -0.3 is 14.5 Å². The van der Waals surface area contributed by atoms with Gasteiger partial charge in [-0.15, -0.1) is 0 Å². The Labute approximate surface area is 87.4 Å². The summed E-state index contributed by atoms with van der Waals surface area (Å²) in [6.07, 6.45) is 1.50. The van der Waals surface area contributed by atoms with Crippen LogP contribution in [-0.2, 0) is 9.47 Å². The van der Waals surface area contributed by atoms with Gasteiger partial charge >= 0.3 is 11.9 Å². The molecular formula is C10H13NO4. The number of esters is 2. The van der Waals surface area contributed by atoms with Crippen molar-refractivity contribution >= 4 is 11.9 Å². The van der Waals surface area contributed by atoms with Gasteiger partial charge in [-0.2, -0.15) is 0 Å². The van der Waals surface area contributed by atoms with Crippen molar-refractivity contribution in [2.24, 2.45) is 0 Å². The molecule has 0 aliphatic rings. The summed E-state index contributed by atoms with van der Waals surface area (Å²) in [5.74, 6) is -1.08. The zero-order valence-corrected chi connectivity index (χ0v) is 8.70. The lowest BCUT2D eigenvalue weighted by molar-refractivity contribution is 0.0475. The van der Waals surface area contributed by atoms with Gasteiger partial charge in [-0.05, 0) is 19.9 Å². The highest BCUT2D eigenvalue weighted by Gasteiger charge is 2.19. The zero-order chi connectivity index (χ0) is 11.3. The van der Waals surface area contributed by atoms with Crippen molar-refractivity contribution in [2.75, 3.05) is 13.2 Å². The third-order valence-corrected chi connectivity index (χ3v) is 1.72. The maximum Gasteiger partial charge on any atom is 0.355 e. The summed E-state index contributed by atoms with van der Waals surface area (Å²) in [6, 6.07) is 1.49. The number of hydrogen-bond acceptors (Lipinski definition) is 4. The van der Waals surface area contributed by atoms with Crippen LogP contribution in [0.2, 0.25) is 0 Å². The van der Waals surface area contributed by atoms with Gasteiger partial charge in [0.25, 0.3) is 0 Å². The number of nitrogens with one attached hydrogen (secondary N) is 1. The number of rotatable bonds is 4. The first kappa shape index (κ1) is 11.3. The van der Waals surface area contributed by atoms with E-state index in [4.69, 9.17) is 9.47 Å². The van der Waals surface area contributed by atoms with Crippen LogP contribution < -0.4 is 0 Å². The molecule has 0 aliphatic carbocycles. The number of carbonyl (C=O) groups excluding carboxylic acids is 2. The smallest absolute Gasteiger partial charge is 0.355 e. The lowest BCUT2D eigenvalue weighted by Gasteiger charge is -2.03. The fraction of sp³-hybridized carbons (Fsp3) is 0.400. The summed E-state index contributed by atoms with van der Waals surface area (Å²) in [6.45, 7) is 3.94. The van der Waals surface area contributed by atoms with E-state index in [0.29, 0.717) is 0 Å². The van der Waals surface area contributed by atoms with Crippen LogP contribution in [0.3, 0.4) is 0 Å². The molecular weight excluding hydrogens is 198 g/mol. The molecule has 0 atom stereocenters. The summed E-state index contributed by atoms with van der Waals surface area (Å²) < 4.78 is 9.57. The van der Waals surface area contributed by atoms with E-state index in [1.807, 2.05) is 0 Å². The summed E-state index contributed by atoms with van der Waals surface area (Å²) in [5.41, 5.74) is 0.339. The molecule has 0 saturated heterocycles. The molecule has 0 fully saturated rings. The molecule has 1 heterocycles. The molecule has 82 valence electrons.